The number of nitro benzene ring substituents is 2. The summed E-state index contributed by atoms with van der Waals surface area (Å²) in [4.78, 5) is 30.1. The van der Waals surface area contributed by atoms with Crippen LogP contribution in [0.15, 0.2) is 6.07 Å². The van der Waals surface area contributed by atoms with Crippen LogP contribution in [0.3, 0.4) is 0 Å². The van der Waals surface area contributed by atoms with Crippen LogP contribution in [0.25, 0.3) is 0 Å². The first kappa shape index (κ1) is 15.1. The van der Waals surface area contributed by atoms with E-state index in [9.17, 15) is 35.2 Å². The molecule has 0 atom stereocenters. The number of carboxylic acid groups (broad SMARTS) is 1. The predicted octanol–water partition coefficient (Wildman–Crippen LogP) is 1.32. The van der Waals surface area contributed by atoms with Crippen molar-refractivity contribution in [2.24, 2.45) is 0 Å². The fraction of sp³-hybridized carbons (Fsp3) is 0.300. The summed E-state index contributed by atoms with van der Waals surface area (Å²) in [6.07, 6.45) is -0.704. The number of rotatable bonds is 6. The van der Waals surface area contributed by atoms with Gasteiger partial charge < -0.3 is 15.3 Å². The third-order valence-electron chi connectivity index (χ3n) is 2.53. The van der Waals surface area contributed by atoms with Crippen molar-refractivity contribution in [1.29, 1.82) is 0 Å². The number of nitro groups is 2. The van der Waals surface area contributed by atoms with Crippen LogP contribution in [-0.2, 0) is 11.2 Å². The summed E-state index contributed by atoms with van der Waals surface area (Å²) >= 11 is 0. The molecule has 0 aliphatic rings. The number of aliphatic carboxylic acids is 1. The van der Waals surface area contributed by atoms with Crippen molar-refractivity contribution in [3.8, 4) is 11.5 Å². The highest BCUT2D eigenvalue weighted by molar-refractivity contribution is 5.68. The maximum atomic E-state index is 10.9. The molecule has 0 aliphatic heterocycles. The summed E-state index contributed by atoms with van der Waals surface area (Å²) < 4.78 is 0. The highest BCUT2D eigenvalue weighted by Gasteiger charge is 2.31. The van der Waals surface area contributed by atoms with Crippen molar-refractivity contribution in [3.05, 3.63) is 31.9 Å². The zero-order chi connectivity index (χ0) is 15.4. The smallest absolute Gasteiger partial charge is 0.324 e. The van der Waals surface area contributed by atoms with Crippen molar-refractivity contribution in [2.45, 2.75) is 19.3 Å². The minimum atomic E-state index is -1.15. The van der Waals surface area contributed by atoms with E-state index in [0.717, 1.165) is 0 Å². The van der Waals surface area contributed by atoms with Crippen molar-refractivity contribution < 1.29 is 30.0 Å². The van der Waals surface area contributed by atoms with Gasteiger partial charge in [0.2, 0.25) is 5.75 Å². The molecule has 0 amide bonds. The zero-order valence-electron chi connectivity index (χ0n) is 9.98. The number of phenols is 2. The average molecular weight is 286 g/mol. The molecule has 1 aromatic rings. The Balaban J connectivity index is 3.35. The maximum Gasteiger partial charge on any atom is 0.324 e. The highest BCUT2D eigenvalue weighted by Crippen LogP contribution is 2.43. The summed E-state index contributed by atoms with van der Waals surface area (Å²) in [5.74, 6) is -3.21. The molecule has 0 fully saturated rings. The van der Waals surface area contributed by atoms with Crippen LogP contribution in [0.1, 0.15) is 18.4 Å². The van der Waals surface area contributed by atoms with Gasteiger partial charge in [0.1, 0.15) is 5.56 Å². The van der Waals surface area contributed by atoms with Crippen LogP contribution in [-0.4, -0.2) is 31.1 Å². The Labute approximate surface area is 111 Å². The molecule has 108 valence electrons. The van der Waals surface area contributed by atoms with Gasteiger partial charge in [-0.2, -0.15) is 0 Å². The first-order valence-corrected chi connectivity index (χ1v) is 5.34. The van der Waals surface area contributed by atoms with E-state index in [1.165, 1.54) is 0 Å². The largest absolute Gasteiger partial charge is 0.504 e. The summed E-state index contributed by atoms with van der Waals surface area (Å²) in [5, 5.41) is 48.9. The lowest BCUT2D eigenvalue weighted by Gasteiger charge is -2.06. The monoisotopic (exact) mass is 286 g/mol. The number of hydrogen-bond donors (Lipinski definition) is 3. The fourth-order valence-electron chi connectivity index (χ4n) is 1.69. The second kappa shape index (κ2) is 5.82. The van der Waals surface area contributed by atoms with Gasteiger partial charge in [-0.1, -0.05) is 0 Å². The standard InChI is InChI=1S/C10H10N2O8/c13-7-4-6(11(17)18)5(2-1-3-8(14)15)9(10(7)16)12(19)20/h4,13,16H,1-3H2,(H,14,15). The van der Waals surface area contributed by atoms with E-state index < -0.39 is 44.3 Å². The first-order valence-electron chi connectivity index (χ1n) is 5.34. The number of nitrogens with zero attached hydrogens (tertiary/aromatic N) is 2. The lowest BCUT2D eigenvalue weighted by atomic mass is 10.0. The molecule has 0 saturated heterocycles. The Morgan fingerprint density at radius 1 is 1.20 bits per heavy atom. The number of carbonyl (C=O) groups is 1. The molecule has 0 radical (unpaired) electrons. The van der Waals surface area contributed by atoms with Crippen LogP contribution in [0, 0.1) is 20.2 Å². The molecular weight excluding hydrogens is 276 g/mol. The Morgan fingerprint density at radius 3 is 2.25 bits per heavy atom. The summed E-state index contributed by atoms with van der Waals surface area (Å²) in [5.41, 5.74) is -2.14. The van der Waals surface area contributed by atoms with E-state index in [1.54, 1.807) is 0 Å². The molecule has 3 N–H and O–H groups in total. The molecule has 1 rings (SSSR count). The molecule has 0 aromatic heterocycles. The van der Waals surface area contributed by atoms with E-state index in [2.05, 4.69) is 0 Å². The fourth-order valence-corrected chi connectivity index (χ4v) is 1.69. The van der Waals surface area contributed by atoms with Crippen molar-refractivity contribution >= 4 is 17.3 Å². The van der Waals surface area contributed by atoms with Crippen LogP contribution >= 0.6 is 0 Å². The SMILES string of the molecule is O=C(O)CCCc1c([N+](=O)[O-])cc(O)c(O)c1[N+](=O)[O-]. The molecule has 0 spiro atoms. The van der Waals surface area contributed by atoms with Gasteiger partial charge in [-0.25, -0.2) is 0 Å². The number of benzene rings is 1. The number of phenolic OH excluding ortho intramolecular Hbond substituents is 2. The Hall–Kier alpha value is -2.91. The van der Waals surface area contributed by atoms with E-state index in [4.69, 9.17) is 5.11 Å². The van der Waals surface area contributed by atoms with Crippen LogP contribution in [0.5, 0.6) is 11.5 Å². The van der Waals surface area contributed by atoms with Gasteiger partial charge in [0, 0.05) is 6.42 Å². The molecule has 0 aliphatic carbocycles. The van der Waals surface area contributed by atoms with Gasteiger partial charge in [0.15, 0.2) is 5.75 Å². The summed E-state index contributed by atoms with van der Waals surface area (Å²) in [7, 11) is 0. The molecule has 0 unspecified atom stereocenters. The second-order valence-electron chi connectivity index (χ2n) is 3.85. The van der Waals surface area contributed by atoms with Crippen molar-refractivity contribution in [3.63, 3.8) is 0 Å². The van der Waals surface area contributed by atoms with Crippen molar-refractivity contribution in [1.82, 2.24) is 0 Å². The third-order valence-corrected chi connectivity index (χ3v) is 2.53. The number of hydrogen-bond acceptors (Lipinski definition) is 7. The first-order chi connectivity index (χ1) is 9.25. The van der Waals surface area contributed by atoms with Crippen molar-refractivity contribution in [2.75, 3.05) is 0 Å². The molecular formula is C10H10N2O8. The maximum absolute atomic E-state index is 10.9. The molecule has 10 nitrogen and oxygen atoms in total. The second-order valence-corrected chi connectivity index (χ2v) is 3.85. The molecule has 20 heavy (non-hydrogen) atoms. The van der Waals surface area contributed by atoms with E-state index >= 15 is 0 Å². The Morgan fingerprint density at radius 2 is 1.80 bits per heavy atom. The zero-order valence-corrected chi connectivity index (χ0v) is 9.98. The van der Waals surface area contributed by atoms with Gasteiger partial charge in [0.25, 0.3) is 5.69 Å². The number of aromatic hydroxyl groups is 2. The molecule has 1 aromatic carbocycles. The van der Waals surface area contributed by atoms with Gasteiger partial charge >= 0.3 is 11.7 Å². The number of carboxylic acids is 1. The van der Waals surface area contributed by atoms with Crippen LogP contribution in [0.2, 0.25) is 0 Å². The average Bonchev–Trinajstić information content (AvgIpc) is 2.32. The van der Waals surface area contributed by atoms with Crippen LogP contribution < -0.4 is 0 Å². The molecule has 10 heteroatoms. The quantitative estimate of drug-likeness (QED) is 0.400. The van der Waals surface area contributed by atoms with E-state index in [-0.39, 0.29) is 19.3 Å². The highest BCUT2D eigenvalue weighted by atomic mass is 16.6. The molecule has 0 saturated carbocycles. The minimum Gasteiger partial charge on any atom is -0.504 e. The molecule has 0 heterocycles. The Kier molecular flexibility index (Phi) is 4.41. The van der Waals surface area contributed by atoms with Gasteiger partial charge in [-0.05, 0) is 12.8 Å². The minimum absolute atomic E-state index is 0.0821. The van der Waals surface area contributed by atoms with Gasteiger partial charge in [-0.15, -0.1) is 0 Å². The summed E-state index contributed by atoms with van der Waals surface area (Å²) in [6.45, 7) is 0. The lowest BCUT2D eigenvalue weighted by Crippen LogP contribution is -2.03. The summed E-state index contributed by atoms with van der Waals surface area (Å²) in [6, 6.07) is 0.596. The topological polar surface area (TPSA) is 164 Å². The Bertz CT molecular complexity index is 583. The van der Waals surface area contributed by atoms with Crippen LogP contribution in [0.4, 0.5) is 11.4 Å². The third kappa shape index (κ3) is 3.10. The predicted molar refractivity (Wildman–Crippen MR) is 63.7 cm³/mol. The normalized spacial score (nSPS) is 10.2. The van der Waals surface area contributed by atoms with E-state index in [1.807, 2.05) is 0 Å². The van der Waals surface area contributed by atoms with Gasteiger partial charge in [-0.3, -0.25) is 25.0 Å². The lowest BCUT2D eigenvalue weighted by molar-refractivity contribution is -0.396. The molecule has 0 bridgehead atoms. The van der Waals surface area contributed by atoms with E-state index in [0.29, 0.717) is 6.07 Å². The van der Waals surface area contributed by atoms with Gasteiger partial charge in [0.05, 0.1) is 15.9 Å².